The number of hydrogen-bond donors (Lipinski definition) is 1. The summed E-state index contributed by atoms with van der Waals surface area (Å²) in [5, 5.41) is 0. The molecule has 0 saturated carbocycles. The van der Waals surface area contributed by atoms with Gasteiger partial charge in [0.05, 0.1) is 19.7 Å². The number of methoxy groups -OCH3 is 1. The van der Waals surface area contributed by atoms with Gasteiger partial charge < -0.3 is 15.4 Å². The molecule has 0 aliphatic carbocycles. The van der Waals surface area contributed by atoms with E-state index in [4.69, 9.17) is 10.5 Å². The second-order valence-electron chi connectivity index (χ2n) is 5.02. The van der Waals surface area contributed by atoms with E-state index in [1.54, 1.807) is 13.3 Å². The molecule has 5 nitrogen and oxygen atoms in total. The lowest BCUT2D eigenvalue weighted by atomic mass is 10.0. The Bertz CT molecular complexity index is 683. The quantitative estimate of drug-likeness (QED) is 0.938. The van der Waals surface area contributed by atoms with Gasteiger partial charge in [0.15, 0.2) is 5.96 Å². The molecule has 0 radical (unpaired) electrons. The first-order valence-corrected chi connectivity index (χ1v) is 6.84. The van der Waals surface area contributed by atoms with Gasteiger partial charge in [-0.1, -0.05) is 6.07 Å². The van der Waals surface area contributed by atoms with E-state index in [1.165, 1.54) is 5.56 Å². The number of guanidine groups is 1. The zero-order chi connectivity index (χ0) is 14.8. The van der Waals surface area contributed by atoms with Crippen molar-refractivity contribution in [3.63, 3.8) is 0 Å². The van der Waals surface area contributed by atoms with E-state index in [9.17, 15) is 0 Å². The lowest BCUT2D eigenvalue weighted by molar-refractivity contribution is 0.415. The Morgan fingerprint density at radius 3 is 2.95 bits per heavy atom. The average Bonchev–Trinajstić information content (AvgIpc) is 2.89. The fourth-order valence-electron chi connectivity index (χ4n) is 2.63. The number of benzene rings is 1. The minimum Gasteiger partial charge on any atom is -0.497 e. The number of aliphatic imine (C=N–C) groups is 1. The summed E-state index contributed by atoms with van der Waals surface area (Å²) in [5.41, 5.74) is 9.40. The van der Waals surface area contributed by atoms with Crippen molar-refractivity contribution < 1.29 is 4.74 Å². The van der Waals surface area contributed by atoms with Gasteiger partial charge in [-0.05, 0) is 36.2 Å². The molecular weight excluding hydrogens is 264 g/mol. The van der Waals surface area contributed by atoms with Crippen LogP contribution in [0.15, 0.2) is 47.7 Å². The van der Waals surface area contributed by atoms with Crippen LogP contribution < -0.4 is 15.4 Å². The SMILES string of the molecule is COc1cccc(N2C(N)=NCC2c2cnccc2C)c1. The van der Waals surface area contributed by atoms with Crippen LogP contribution in [0.5, 0.6) is 5.75 Å². The monoisotopic (exact) mass is 282 g/mol. The van der Waals surface area contributed by atoms with Crippen LogP contribution in [0.1, 0.15) is 17.2 Å². The largest absolute Gasteiger partial charge is 0.497 e. The van der Waals surface area contributed by atoms with E-state index in [0.717, 1.165) is 17.0 Å². The summed E-state index contributed by atoms with van der Waals surface area (Å²) in [5.74, 6) is 1.32. The van der Waals surface area contributed by atoms with Crippen molar-refractivity contribution in [3.05, 3.63) is 53.9 Å². The Balaban J connectivity index is 2.01. The Labute approximate surface area is 124 Å². The van der Waals surface area contributed by atoms with Crippen LogP contribution >= 0.6 is 0 Å². The third kappa shape index (κ3) is 2.42. The van der Waals surface area contributed by atoms with E-state index in [2.05, 4.69) is 16.9 Å². The zero-order valence-electron chi connectivity index (χ0n) is 12.2. The molecule has 2 heterocycles. The molecule has 0 bridgehead atoms. The zero-order valence-corrected chi connectivity index (χ0v) is 12.2. The lowest BCUT2D eigenvalue weighted by Crippen LogP contribution is -2.36. The first-order valence-electron chi connectivity index (χ1n) is 6.84. The Morgan fingerprint density at radius 1 is 1.33 bits per heavy atom. The summed E-state index contributed by atoms with van der Waals surface area (Å²) in [7, 11) is 1.66. The van der Waals surface area contributed by atoms with Crippen LogP contribution in [0.25, 0.3) is 0 Å². The number of anilines is 1. The minimum atomic E-state index is 0.0748. The number of pyridine rings is 1. The maximum absolute atomic E-state index is 6.10. The van der Waals surface area contributed by atoms with Crippen molar-refractivity contribution in [2.45, 2.75) is 13.0 Å². The molecule has 1 aliphatic heterocycles. The smallest absolute Gasteiger partial charge is 0.196 e. The van der Waals surface area contributed by atoms with E-state index < -0.39 is 0 Å². The molecule has 1 atom stereocenters. The first-order chi connectivity index (χ1) is 10.2. The summed E-state index contributed by atoms with van der Waals surface area (Å²) >= 11 is 0. The lowest BCUT2D eigenvalue weighted by Gasteiger charge is -2.27. The average molecular weight is 282 g/mol. The molecule has 0 amide bonds. The number of nitrogens with zero attached hydrogens (tertiary/aromatic N) is 3. The van der Waals surface area contributed by atoms with Crippen LogP contribution in [-0.2, 0) is 0 Å². The second kappa shape index (κ2) is 5.44. The fraction of sp³-hybridized carbons (Fsp3) is 0.250. The first kappa shape index (κ1) is 13.4. The Morgan fingerprint density at radius 2 is 2.19 bits per heavy atom. The molecule has 21 heavy (non-hydrogen) atoms. The molecule has 0 fully saturated rings. The highest BCUT2D eigenvalue weighted by Gasteiger charge is 2.30. The molecule has 3 rings (SSSR count). The van der Waals surface area contributed by atoms with Gasteiger partial charge in [0.1, 0.15) is 5.75 Å². The van der Waals surface area contributed by atoms with Gasteiger partial charge in [0, 0.05) is 24.1 Å². The van der Waals surface area contributed by atoms with Crippen LogP contribution in [0, 0.1) is 6.92 Å². The van der Waals surface area contributed by atoms with Crippen molar-refractivity contribution in [2.75, 3.05) is 18.6 Å². The normalized spacial score (nSPS) is 17.7. The third-order valence-corrected chi connectivity index (χ3v) is 3.75. The standard InChI is InChI=1S/C16H18N4O/c1-11-6-7-18-9-14(11)15-10-19-16(17)20(15)12-4-3-5-13(8-12)21-2/h3-9,15H,10H2,1-2H3,(H2,17,19). The molecule has 0 saturated heterocycles. The number of aromatic nitrogens is 1. The molecule has 1 aliphatic rings. The second-order valence-corrected chi connectivity index (χ2v) is 5.02. The Hall–Kier alpha value is -2.56. The van der Waals surface area contributed by atoms with E-state index in [1.807, 2.05) is 41.4 Å². The Kier molecular flexibility index (Phi) is 3.48. The fourth-order valence-corrected chi connectivity index (χ4v) is 2.63. The number of aryl methyl sites for hydroxylation is 1. The number of rotatable bonds is 3. The molecule has 2 N–H and O–H groups in total. The maximum Gasteiger partial charge on any atom is 0.196 e. The highest BCUT2D eigenvalue weighted by Crippen LogP contribution is 2.33. The summed E-state index contributed by atoms with van der Waals surface area (Å²) < 4.78 is 5.29. The van der Waals surface area contributed by atoms with E-state index in [-0.39, 0.29) is 6.04 Å². The molecule has 5 heteroatoms. The van der Waals surface area contributed by atoms with Crippen LogP contribution in [0.2, 0.25) is 0 Å². The molecule has 0 spiro atoms. The van der Waals surface area contributed by atoms with Crippen molar-refractivity contribution in [1.82, 2.24) is 4.98 Å². The molecule has 1 aromatic heterocycles. The number of nitrogens with two attached hydrogens (primary N) is 1. The maximum atomic E-state index is 6.10. The third-order valence-electron chi connectivity index (χ3n) is 3.75. The summed E-state index contributed by atoms with van der Waals surface area (Å²) in [4.78, 5) is 10.7. The highest BCUT2D eigenvalue weighted by molar-refractivity contribution is 5.97. The minimum absolute atomic E-state index is 0.0748. The molecule has 1 aromatic carbocycles. The topological polar surface area (TPSA) is 63.7 Å². The summed E-state index contributed by atoms with van der Waals surface area (Å²) in [6.45, 7) is 2.71. The number of ether oxygens (including phenoxy) is 1. The van der Waals surface area contributed by atoms with Gasteiger partial charge in [0.2, 0.25) is 0 Å². The number of hydrogen-bond acceptors (Lipinski definition) is 5. The van der Waals surface area contributed by atoms with Gasteiger partial charge in [0.25, 0.3) is 0 Å². The summed E-state index contributed by atoms with van der Waals surface area (Å²) in [6, 6.07) is 9.92. The van der Waals surface area contributed by atoms with Crippen LogP contribution in [0.4, 0.5) is 5.69 Å². The summed E-state index contributed by atoms with van der Waals surface area (Å²) in [6.07, 6.45) is 3.69. The molecule has 2 aromatic rings. The van der Waals surface area contributed by atoms with Gasteiger partial charge in [-0.3, -0.25) is 9.98 Å². The van der Waals surface area contributed by atoms with Gasteiger partial charge >= 0.3 is 0 Å². The van der Waals surface area contributed by atoms with Gasteiger partial charge in [-0.2, -0.15) is 0 Å². The van der Waals surface area contributed by atoms with Gasteiger partial charge in [-0.25, -0.2) is 0 Å². The van der Waals surface area contributed by atoms with Crippen molar-refractivity contribution >= 4 is 11.6 Å². The van der Waals surface area contributed by atoms with Crippen molar-refractivity contribution in [1.29, 1.82) is 0 Å². The van der Waals surface area contributed by atoms with Crippen LogP contribution in [0.3, 0.4) is 0 Å². The predicted molar refractivity (Wildman–Crippen MR) is 83.7 cm³/mol. The molecule has 108 valence electrons. The van der Waals surface area contributed by atoms with Gasteiger partial charge in [-0.15, -0.1) is 0 Å². The van der Waals surface area contributed by atoms with Crippen LogP contribution in [-0.4, -0.2) is 24.6 Å². The van der Waals surface area contributed by atoms with E-state index in [0.29, 0.717) is 12.5 Å². The van der Waals surface area contributed by atoms with Crippen molar-refractivity contribution in [3.8, 4) is 5.75 Å². The molecule has 1 unspecified atom stereocenters. The predicted octanol–water partition coefficient (Wildman–Crippen LogP) is 2.27. The van der Waals surface area contributed by atoms with E-state index >= 15 is 0 Å². The highest BCUT2D eigenvalue weighted by atomic mass is 16.5. The molecular formula is C16H18N4O. The van der Waals surface area contributed by atoms with Crippen molar-refractivity contribution in [2.24, 2.45) is 10.7 Å².